The van der Waals surface area contributed by atoms with Crippen molar-refractivity contribution in [1.82, 2.24) is 10.2 Å². The van der Waals surface area contributed by atoms with Crippen LogP contribution in [0.15, 0.2) is 88.2 Å². The van der Waals surface area contributed by atoms with Crippen molar-refractivity contribution in [3.05, 3.63) is 94.7 Å². The lowest BCUT2D eigenvalue weighted by Crippen LogP contribution is -2.51. The number of hydrogen-bond acceptors (Lipinski definition) is 4. The van der Waals surface area contributed by atoms with Crippen LogP contribution in [-0.2, 0) is 26.2 Å². The third-order valence-electron chi connectivity index (χ3n) is 5.84. The Morgan fingerprint density at radius 3 is 2.11 bits per heavy atom. The molecule has 3 aromatic rings. The number of amides is 2. The number of hydrogen-bond donors (Lipinski definition) is 1. The third-order valence-corrected chi connectivity index (χ3v) is 8.16. The van der Waals surface area contributed by atoms with Crippen LogP contribution in [0.5, 0.6) is 0 Å². The summed E-state index contributed by atoms with van der Waals surface area (Å²) < 4.78 is 42.7. The second kappa shape index (κ2) is 13.0. The van der Waals surface area contributed by atoms with E-state index in [4.69, 9.17) is 0 Å². The standard InChI is InChI=1S/C28H31BrFN3O4S/c1-20(2)17-31-28(35)21(3)32(18-22-9-11-23(29)12-10-22)27(34)19-33(25-15-13-24(30)14-16-25)38(36,37)26-7-5-4-6-8-26/h4-16,20-21H,17-19H2,1-3H3,(H,31,35)/t21-/m1/s1. The second-order valence-corrected chi connectivity index (χ2v) is 12.0. The number of nitrogens with one attached hydrogen (secondary N) is 1. The summed E-state index contributed by atoms with van der Waals surface area (Å²) in [6.07, 6.45) is 0. The summed E-state index contributed by atoms with van der Waals surface area (Å²) >= 11 is 3.39. The Labute approximate surface area is 231 Å². The van der Waals surface area contributed by atoms with E-state index in [0.717, 1.165) is 26.5 Å². The fourth-order valence-electron chi connectivity index (χ4n) is 3.68. The van der Waals surface area contributed by atoms with Crippen LogP contribution in [-0.4, -0.2) is 44.3 Å². The summed E-state index contributed by atoms with van der Waals surface area (Å²) in [6.45, 7) is 5.48. The summed E-state index contributed by atoms with van der Waals surface area (Å²) in [4.78, 5) is 28.1. The van der Waals surface area contributed by atoms with Crippen LogP contribution in [0.2, 0.25) is 0 Å². The number of anilines is 1. The van der Waals surface area contributed by atoms with Gasteiger partial charge in [-0.2, -0.15) is 0 Å². The minimum Gasteiger partial charge on any atom is -0.354 e. The van der Waals surface area contributed by atoms with E-state index < -0.39 is 34.3 Å². The monoisotopic (exact) mass is 603 g/mol. The molecule has 0 bridgehead atoms. The average molecular weight is 605 g/mol. The van der Waals surface area contributed by atoms with Gasteiger partial charge in [-0.3, -0.25) is 13.9 Å². The van der Waals surface area contributed by atoms with Crippen molar-refractivity contribution < 1.29 is 22.4 Å². The van der Waals surface area contributed by atoms with E-state index in [0.29, 0.717) is 6.54 Å². The normalized spacial score (nSPS) is 12.2. The molecular formula is C28H31BrFN3O4S. The molecule has 0 unspecified atom stereocenters. The Bertz CT molecular complexity index is 1330. The Kier molecular flexibility index (Phi) is 10.0. The first-order valence-electron chi connectivity index (χ1n) is 12.1. The molecule has 3 aromatic carbocycles. The topological polar surface area (TPSA) is 86.8 Å². The molecule has 202 valence electrons. The number of sulfonamides is 1. The lowest BCUT2D eigenvalue weighted by molar-refractivity contribution is -0.139. The SMILES string of the molecule is CC(C)CNC(=O)[C@@H](C)N(Cc1ccc(Br)cc1)C(=O)CN(c1ccc(F)cc1)S(=O)(=O)c1ccccc1. The Hall–Kier alpha value is -3.24. The van der Waals surface area contributed by atoms with Gasteiger partial charge in [-0.25, -0.2) is 12.8 Å². The number of carbonyl (C=O) groups is 2. The zero-order valence-corrected chi connectivity index (χ0v) is 23.9. The van der Waals surface area contributed by atoms with E-state index in [1.54, 1.807) is 25.1 Å². The predicted octanol–water partition coefficient (Wildman–Crippen LogP) is 4.97. The van der Waals surface area contributed by atoms with Gasteiger partial charge in [0.2, 0.25) is 11.8 Å². The molecule has 7 nitrogen and oxygen atoms in total. The van der Waals surface area contributed by atoms with Crippen LogP contribution in [0, 0.1) is 11.7 Å². The molecule has 0 aromatic heterocycles. The Morgan fingerprint density at radius 2 is 1.53 bits per heavy atom. The van der Waals surface area contributed by atoms with Crippen LogP contribution in [0.4, 0.5) is 10.1 Å². The van der Waals surface area contributed by atoms with Gasteiger partial charge in [-0.15, -0.1) is 0 Å². The molecule has 38 heavy (non-hydrogen) atoms. The molecular weight excluding hydrogens is 573 g/mol. The Balaban J connectivity index is 1.98. The van der Waals surface area contributed by atoms with E-state index in [1.165, 1.54) is 29.2 Å². The summed E-state index contributed by atoms with van der Waals surface area (Å²) in [6, 6.07) is 19.0. The van der Waals surface area contributed by atoms with E-state index in [2.05, 4.69) is 21.2 Å². The number of rotatable bonds is 11. The lowest BCUT2D eigenvalue weighted by atomic mass is 10.1. The molecule has 1 N–H and O–H groups in total. The third kappa shape index (κ3) is 7.64. The van der Waals surface area contributed by atoms with Crippen molar-refractivity contribution in [3.8, 4) is 0 Å². The molecule has 0 radical (unpaired) electrons. The number of carbonyl (C=O) groups excluding carboxylic acids is 2. The molecule has 0 fully saturated rings. The fourth-order valence-corrected chi connectivity index (χ4v) is 5.38. The van der Waals surface area contributed by atoms with Gasteiger partial charge < -0.3 is 10.2 Å². The largest absolute Gasteiger partial charge is 0.354 e. The average Bonchev–Trinajstić information content (AvgIpc) is 2.90. The van der Waals surface area contributed by atoms with Gasteiger partial charge in [-0.1, -0.05) is 60.1 Å². The van der Waals surface area contributed by atoms with Crippen molar-refractivity contribution in [1.29, 1.82) is 0 Å². The van der Waals surface area contributed by atoms with Gasteiger partial charge in [0, 0.05) is 17.6 Å². The highest BCUT2D eigenvalue weighted by Crippen LogP contribution is 2.25. The van der Waals surface area contributed by atoms with Gasteiger partial charge in [0.15, 0.2) is 0 Å². The first-order valence-corrected chi connectivity index (χ1v) is 14.4. The lowest BCUT2D eigenvalue weighted by Gasteiger charge is -2.32. The molecule has 0 heterocycles. The summed E-state index contributed by atoms with van der Waals surface area (Å²) in [5, 5.41) is 2.85. The van der Waals surface area contributed by atoms with Gasteiger partial charge >= 0.3 is 0 Å². The maximum Gasteiger partial charge on any atom is 0.264 e. The van der Waals surface area contributed by atoms with Crippen molar-refractivity contribution in [3.63, 3.8) is 0 Å². The van der Waals surface area contributed by atoms with E-state index in [9.17, 15) is 22.4 Å². The first kappa shape index (κ1) is 29.3. The highest BCUT2D eigenvalue weighted by atomic mass is 79.9. The molecule has 0 aliphatic rings. The number of halogens is 2. The summed E-state index contributed by atoms with van der Waals surface area (Å²) in [5.74, 6) is -1.25. The van der Waals surface area contributed by atoms with Gasteiger partial charge in [0.25, 0.3) is 10.0 Å². The molecule has 2 amide bonds. The maximum absolute atomic E-state index is 13.8. The van der Waals surface area contributed by atoms with Gasteiger partial charge in [0.1, 0.15) is 18.4 Å². The van der Waals surface area contributed by atoms with E-state index >= 15 is 0 Å². The maximum atomic E-state index is 13.8. The first-order chi connectivity index (χ1) is 18.0. The molecule has 3 rings (SSSR count). The van der Waals surface area contributed by atoms with E-state index in [-0.39, 0.29) is 29.0 Å². The predicted molar refractivity (Wildman–Crippen MR) is 149 cm³/mol. The molecule has 0 saturated carbocycles. The minimum atomic E-state index is -4.18. The van der Waals surface area contributed by atoms with Crippen LogP contribution in [0.1, 0.15) is 26.3 Å². The summed E-state index contributed by atoms with van der Waals surface area (Å²) in [7, 11) is -4.18. The highest BCUT2D eigenvalue weighted by molar-refractivity contribution is 9.10. The van der Waals surface area contributed by atoms with Crippen molar-refractivity contribution in [2.24, 2.45) is 5.92 Å². The molecule has 0 saturated heterocycles. The molecule has 10 heteroatoms. The molecule has 0 aliphatic heterocycles. The zero-order valence-electron chi connectivity index (χ0n) is 21.5. The van der Waals surface area contributed by atoms with Crippen molar-refractivity contribution in [2.45, 2.75) is 38.3 Å². The van der Waals surface area contributed by atoms with Crippen LogP contribution in [0.3, 0.4) is 0 Å². The van der Waals surface area contributed by atoms with Gasteiger partial charge in [0.05, 0.1) is 10.6 Å². The van der Waals surface area contributed by atoms with Crippen LogP contribution < -0.4 is 9.62 Å². The molecule has 0 aliphatic carbocycles. The Morgan fingerprint density at radius 1 is 0.921 bits per heavy atom. The smallest absolute Gasteiger partial charge is 0.264 e. The number of nitrogens with zero attached hydrogens (tertiary/aromatic N) is 2. The van der Waals surface area contributed by atoms with Crippen molar-refractivity contribution >= 4 is 43.5 Å². The van der Waals surface area contributed by atoms with Crippen LogP contribution >= 0.6 is 15.9 Å². The number of benzene rings is 3. The minimum absolute atomic E-state index is 0.0145. The molecule has 0 spiro atoms. The van der Waals surface area contributed by atoms with Crippen molar-refractivity contribution in [2.75, 3.05) is 17.4 Å². The van der Waals surface area contributed by atoms with Crippen LogP contribution in [0.25, 0.3) is 0 Å². The van der Waals surface area contributed by atoms with Gasteiger partial charge in [-0.05, 0) is 66.9 Å². The highest BCUT2D eigenvalue weighted by Gasteiger charge is 2.32. The van der Waals surface area contributed by atoms with E-state index in [1.807, 2.05) is 38.1 Å². The summed E-state index contributed by atoms with van der Waals surface area (Å²) in [5.41, 5.74) is 0.897. The fraction of sp³-hybridized carbons (Fsp3) is 0.286. The second-order valence-electron chi connectivity index (χ2n) is 9.26. The zero-order chi connectivity index (χ0) is 27.9. The molecule has 1 atom stereocenters. The quantitative estimate of drug-likeness (QED) is 0.335.